The predicted molar refractivity (Wildman–Crippen MR) is 179 cm³/mol. The molecule has 2 amide bonds. The molecule has 0 aliphatic heterocycles. The molecule has 4 aromatic carbocycles. The molecule has 0 aliphatic carbocycles. The normalized spacial score (nSPS) is 13.3. The van der Waals surface area contributed by atoms with E-state index in [-0.39, 0.29) is 11.8 Å². The number of carbonyl (C=O) groups excluding carboxylic acids is 2. The van der Waals surface area contributed by atoms with Crippen molar-refractivity contribution in [2.45, 2.75) is 70.2 Å². The molecule has 0 heterocycles. The van der Waals surface area contributed by atoms with Gasteiger partial charge in [-0.1, -0.05) is 149 Å². The average Bonchev–Trinajstić information content (AvgIpc) is 3.04. The standard InChI is InChI=1S/C39H46N2O4/c1-28(2)25-34(38(44,30-17-9-5-10-18-30)31-19-11-6-12-20-31)40-36(42)27-37(43)41-35(26-29(3)4)39(45,32-21-13-7-14-22-32)33-23-15-8-16-24-33/h5-24,28-29,34-35,44-45H,25-27H2,1-4H3,(H,40,42)(H,41,43). The van der Waals surface area contributed by atoms with E-state index < -0.39 is 41.5 Å². The summed E-state index contributed by atoms with van der Waals surface area (Å²) in [5.41, 5.74) is -0.447. The zero-order valence-electron chi connectivity index (χ0n) is 26.7. The topological polar surface area (TPSA) is 98.7 Å². The fourth-order valence-corrected chi connectivity index (χ4v) is 6.15. The minimum atomic E-state index is -1.53. The first-order chi connectivity index (χ1) is 21.5. The Kier molecular flexibility index (Phi) is 11.3. The molecule has 4 rings (SSSR count). The van der Waals surface area contributed by atoms with Gasteiger partial charge in [0, 0.05) is 0 Å². The van der Waals surface area contributed by atoms with Crippen LogP contribution in [0.3, 0.4) is 0 Å². The van der Waals surface area contributed by atoms with Crippen LogP contribution in [0.1, 0.15) is 69.2 Å². The first kappa shape index (κ1) is 33.6. The molecule has 0 aromatic heterocycles. The highest BCUT2D eigenvalue weighted by Crippen LogP contribution is 2.37. The molecule has 0 saturated carbocycles. The Labute approximate surface area is 267 Å². The Bertz CT molecular complexity index is 1300. The molecule has 0 saturated heterocycles. The van der Waals surface area contributed by atoms with E-state index in [1.54, 1.807) is 0 Å². The highest BCUT2D eigenvalue weighted by molar-refractivity contribution is 5.97. The SMILES string of the molecule is CC(C)CC(NC(=O)CC(=O)NC(CC(C)C)C(O)(c1ccccc1)c1ccccc1)C(O)(c1ccccc1)c1ccccc1. The highest BCUT2D eigenvalue weighted by atomic mass is 16.3. The van der Waals surface area contributed by atoms with E-state index in [1.165, 1.54) is 0 Å². The van der Waals surface area contributed by atoms with Crippen molar-refractivity contribution < 1.29 is 19.8 Å². The third-order valence-electron chi connectivity index (χ3n) is 8.27. The molecule has 4 N–H and O–H groups in total. The number of nitrogens with one attached hydrogen (secondary N) is 2. The molecule has 4 aromatic rings. The second-order valence-corrected chi connectivity index (χ2v) is 12.7. The maximum atomic E-state index is 13.6. The lowest BCUT2D eigenvalue weighted by Crippen LogP contribution is -2.54. The first-order valence-corrected chi connectivity index (χ1v) is 15.8. The summed E-state index contributed by atoms with van der Waals surface area (Å²) in [6.45, 7) is 8.14. The first-order valence-electron chi connectivity index (χ1n) is 15.8. The maximum Gasteiger partial charge on any atom is 0.229 e. The summed E-state index contributed by atoms with van der Waals surface area (Å²) in [6.07, 6.45) is 0.499. The van der Waals surface area contributed by atoms with Gasteiger partial charge < -0.3 is 20.8 Å². The zero-order valence-corrected chi connectivity index (χ0v) is 26.7. The Morgan fingerprint density at radius 1 is 0.511 bits per heavy atom. The van der Waals surface area contributed by atoms with Gasteiger partial charge in [0.25, 0.3) is 0 Å². The van der Waals surface area contributed by atoms with Gasteiger partial charge in [-0.15, -0.1) is 0 Å². The molecular formula is C39H46N2O4. The zero-order chi connectivity index (χ0) is 32.5. The molecular weight excluding hydrogens is 560 g/mol. The molecule has 0 bridgehead atoms. The summed E-state index contributed by atoms with van der Waals surface area (Å²) in [4.78, 5) is 27.2. The summed E-state index contributed by atoms with van der Waals surface area (Å²) in [7, 11) is 0. The third kappa shape index (κ3) is 8.07. The van der Waals surface area contributed by atoms with Crippen molar-refractivity contribution in [1.29, 1.82) is 0 Å². The van der Waals surface area contributed by atoms with Crippen molar-refractivity contribution in [3.63, 3.8) is 0 Å². The van der Waals surface area contributed by atoms with Gasteiger partial charge in [-0.3, -0.25) is 9.59 Å². The van der Waals surface area contributed by atoms with Crippen LogP contribution in [0.5, 0.6) is 0 Å². The van der Waals surface area contributed by atoms with Crippen molar-refractivity contribution in [2.75, 3.05) is 0 Å². The van der Waals surface area contributed by atoms with Gasteiger partial charge in [-0.2, -0.15) is 0 Å². The van der Waals surface area contributed by atoms with E-state index >= 15 is 0 Å². The Hall–Kier alpha value is -4.26. The van der Waals surface area contributed by atoms with Gasteiger partial charge in [0.2, 0.25) is 11.8 Å². The third-order valence-corrected chi connectivity index (χ3v) is 8.27. The van der Waals surface area contributed by atoms with Gasteiger partial charge in [-0.25, -0.2) is 0 Å². The van der Waals surface area contributed by atoms with Crippen LogP contribution in [0.15, 0.2) is 121 Å². The van der Waals surface area contributed by atoms with Crippen LogP contribution in [0.4, 0.5) is 0 Å². The second kappa shape index (κ2) is 15.2. The van der Waals surface area contributed by atoms with E-state index in [9.17, 15) is 19.8 Å². The summed E-state index contributed by atoms with van der Waals surface area (Å²) in [6, 6.07) is 35.8. The molecule has 6 nitrogen and oxygen atoms in total. The fourth-order valence-electron chi connectivity index (χ4n) is 6.15. The Morgan fingerprint density at radius 2 is 0.756 bits per heavy atom. The summed E-state index contributed by atoms with van der Waals surface area (Å²) in [5, 5.41) is 30.8. The minimum Gasteiger partial charge on any atom is -0.378 e. The van der Waals surface area contributed by atoms with E-state index in [4.69, 9.17) is 0 Å². The summed E-state index contributed by atoms with van der Waals surface area (Å²) >= 11 is 0. The molecule has 0 spiro atoms. The number of benzene rings is 4. The minimum absolute atomic E-state index is 0.144. The van der Waals surface area contributed by atoms with Crippen molar-refractivity contribution in [3.05, 3.63) is 144 Å². The van der Waals surface area contributed by atoms with Crippen molar-refractivity contribution >= 4 is 11.8 Å². The Morgan fingerprint density at radius 3 is 0.978 bits per heavy atom. The number of hydrogen-bond donors (Lipinski definition) is 4. The predicted octanol–water partition coefficient (Wildman–Crippen LogP) is 6.31. The molecule has 2 atom stereocenters. The smallest absolute Gasteiger partial charge is 0.229 e. The lowest BCUT2D eigenvalue weighted by atomic mass is 9.77. The van der Waals surface area contributed by atoms with Crippen molar-refractivity contribution in [2.24, 2.45) is 11.8 Å². The van der Waals surface area contributed by atoms with Gasteiger partial charge in [0.15, 0.2) is 0 Å². The monoisotopic (exact) mass is 606 g/mol. The largest absolute Gasteiger partial charge is 0.378 e. The van der Waals surface area contributed by atoms with E-state index in [0.29, 0.717) is 35.1 Å². The Balaban J connectivity index is 1.62. The van der Waals surface area contributed by atoms with Crippen LogP contribution in [-0.4, -0.2) is 34.1 Å². The van der Waals surface area contributed by atoms with Crippen LogP contribution in [0.2, 0.25) is 0 Å². The van der Waals surface area contributed by atoms with Crippen LogP contribution in [-0.2, 0) is 20.8 Å². The number of carbonyl (C=O) groups is 2. The fraction of sp³-hybridized carbons (Fsp3) is 0.333. The van der Waals surface area contributed by atoms with Gasteiger partial charge >= 0.3 is 0 Å². The number of amides is 2. The van der Waals surface area contributed by atoms with Crippen molar-refractivity contribution in [1.82, 2.24) is 10.6 Å². The molecule has 6 heteroatoms. The molecule has 0 radical (unpaired) electrons. The van der Waals surface area contributed by atoms with Crippen LogP contribution < -0.4 is 10.6 Å². The van der Waals surface area contributed by atoms with Crippen LogP contribution in [0, 0.1) is 11.8 Å². The van der Waals surface area contributed by atoms with Gasteiger partial charge in [-0.05, 0) is 46.9 Å². The van der Waals surface area contributed by atoms with E-state index in [2.05, 4.69) is 10.6 Å². The highest BCUT2D eigenvalue weighted by Gasteiger charge is 2.43. The van der Waals surface area contributed by atoms with Gasteiger partial charge in [0.05, 0.1) is 12.1 Å². The summed E-state index contributed by atoms with van der Waals surface area (Å²) in [5.74, 6) is -0.722. The molecule has 0 aliphatic rings. The summed E-state index contributed by atoms with van der Waals surface area (Å²) < 4.78 is 0. The quantitative estimate of drug-likeness (QED) is 0.127. The molecule has 0 fully saturated rings. The molecule has 2 unspecified atom stereocenters. The molecule has 45 heavy (non-hydrogen) atoms. The van der Waals surface area contributed by atoms with E-state index in [0.717, 1.165) is 0 Å². The number of rotatable bonds is 14. The lowest BCUT2D eigenvalue weighted by molar-refractivity contribution is -0.132. The van der Waals surface area contributed by atoms with Gasteiger partial charge in [0.1, 0.15) is 17.6 Å². The number of hydrogen-bond acceptors (Lipinski definition) is 4. The van der Waals surface area contributed by atoms with E-state index in [1.807, 2.05) is 149 Å². The molecule has 236 valence electrons. The number of aliphatic hydroxyl groups is 2. The van der Waals surface area contributed by atoms with Crippen LogP contribution in [0.25, 0.3) is 0 Å². The average molecular weight is 607 g/mol. The van der Waals surface area contributed by atoms with Crippen LogP contribution >= 0.6 is 0 Å². The van der Waals surface area contributed by atoms with Crippen molar-refractivity contribution in [3.8, 4) is 0 Å². The second-order valence-electron chi connectivity index (χ2n) is 12.7. The lowest BCUT2D eigenvalue weighted by Gasteiger charge is -2.39. The maximum absolute atomic E-state index is 13.6.